The normalized spacial score (nSPS) is 11.8. The van der Waals surface area contributed by atoms with Gasteiger partial charge in [-0.05, 0) is 25.0 Å². The number of unbranched alkanes of at least 4 members (excludes halogenated alkanes) is 1. The Kier molecular flexibility index (Phi) is 5.09. The first-order valence-corrected chi connectivity index (χ1v) is 8.30. The average molecular weight is 347 g/mol. The fourth-order valence-corrected chi connectivity index (χ4v) is 2.96. The van der Waals surface area contributed by atoms with Crippen LogP contribution in [0.4, 0.5) is 0 Å². The van der Waals surface area contributed by atoms with Gasteiger partial charge in [0.1, 0.15) is 6.04 Å². The van der Waals surface area contributed by atoms with Crippen molar-refractivity contribution in [2.45, 2.75) is 25.3 Å². The molecule has 2 aromatic carbocycles. The lowest BCUT2D eigenvalue weighted by Gasteiger charge is -2.16. The maximum Gasteiger partial charge on any atom is 0.326 e. The molecule has 0 fully saturated rings. The van der Waals surface area contributed by atoms with Gasteiger partial charge in [-0.3, -0.25) is 4.79 Å². The number of carbonyl (C=O) groups excluding carboxylic acids is 1. The summed E-state index contributed by atoms with van der Waals surface area (Å²) >= 11 is 0. The molecular formula is C20H17N3O3. The van der Waals surface area contributed by atoms with Crippen molar-refractivity contribution in [2.24, 2.45) is 0 Å². The number of hydrogen-bond acceptors (Lipinski definition) is 4. The van der Waals surface area contributed by atoms with Crippen LogP contribution in [0.2, 0.25) is 0 Å². The van der Waals surface area contributed by atoms with Crippen LogP contribution < -0.4 is 5.32 Å². The van der Waals surface area contributed by atoms with Gasteiger partial charge in [-0.15, -0.1) is 0 Å². The van der Waals surface area contributed by atoms with Crippen molar-refractivity contribution in [1.82, 2.24) is 10.3 Å². The van der Waals surface area contributed by atoms with Gasteiger partial charge in [0.05, 0.1) is 22.7 Å². The molecule has 3 aromatic rings. The molecule has 0 saturated heterocycles. The molecule has 2 N–H and O–H groups in total. The first-order chi connectivity index (χ1) is 12.6. The van der Waals surface area contributed by atoms with E-state index in [9.17, 15) is 14.7 Å². The number of aromatic nitrogens is 1. The molecule has 1 heterocycles. The molecule has 3 rings (SSSR count). The molecule has 0 aliphatic rings. The Morgan fingerprint density at radius 1 is 1.08 bits per heavy atom. The van der Waals surface area contributed by atoms with Gasteiger partial charge in [0.25, 0.3) is 5.91 Å². The molecule has 0 aliphatic heterocycles. The predicted molar refractivity (Wildman–Crippen MR) is 97.6 cm³/mol. The number of hydrogen-bond donors (Lipinski definition) is 2. The van der Waals surface area contributed by atoms with Crippen molar-refractivity contribution in [3.05, 3.63) is 54.1 Å². The summed E-state index contributed by atoms with van der Waals surface area (Å²) in [5.41, 5.74) is 1.76. The van der Waals surface area contributed by atoms with Crippen molar-refractivity contribution in [1.29, 1.82) is 5.26 Å². The van der Waals surface area contributed by atoms with Crippen LogP contribution in [0.1, 0.15) is 29.6 Å². The number of carbonyl (C=O) groups is 2. The highest BCUT2D eigenvalue weighted by atomic mass is 16.4. The highest BCUT2D eigenvalue weighted by Gasteiger charge is 2.23. The number of aliphatic carboxylic acids is 1. The van der Waals surface area contributed by atoms with Gasteiger partial charge in [0.2, 0.25) is 0 Å². The van der Waals surface area contributed by atoms with E-state index in [1.165, 1.54) is 0 Å². The number of amides is 1. The fraction of sp³-hybridized carbons (Fsp3) is 0.200. The number of carboxylic acid groups (broad SMARTS) is 1. The molecule has 0 radical (unpaired) electrons. The standard InChI is InChI=1S/C20H17N3O3/c21-12-6-5-11-17(20(25)26)23-19(24)18-13-7-1-3-9-15(13)22-16-10-4-2-8-14(16)18/h1-4,7-10,17H,5-6,11H2,(H,23,24)(H,25,26)/t17-/m0/s1. The molecule has 0 spiro atoms. The van der Waals surface area contributed by atoms with E-state index in [1.807, 2.05) is 42.5 Å². The Morgan fingerprint density at radius 2 is 1.65 bits per heavy atom. The van der Waals surface area contributed by atoms with Gasteiger partial charge in [-0.2, -0.15) is 5.26 Å². The van der Waals surface area contributed by atoms with Gasteiger partial charge in [0.15, 0.2) is 0 Å². The van der Waals surface area contributed by atoms with Crippen LogP contribution in [0.5, 0.6) is 0 Å². The summed E-state index contributed by atoms with van der Waals surface area (Å²) in [6.45, 7) is 0. The van der Waals surface area contributed by atoms with Crippen LogP contribution in [-0.4, -0.2) is 28.0 Å². The maximum atomic E-state index is 13.0. The van der Waals surface area contributed by atoms with E-state index in [0.717, 1.165) is 0 Å². The van der Waals surface area contributed by atoms with Gasteiger partial charge < -0.3 is 10.4 Å². The number of nitrogens with zero attached hydrogens (tertiary/aromatic N) is 2. The highest BCUT2D eigenvalue weighted by Crippen LogP contribution is 2.26. The number of nitrogens with one attached hydrogen (secondary N) is 1. The first kappa shape index (κ1) is 17.4. The second kappa shape index (κ2) is 7.62. The van der Waals surface area contributed by atoms with Crippen LogP contribution in [0, 0.1) is 11.3 Å². The lowest BCUT2D eigenvalue weighted by atomic mass is 10.0. The second-order valence-corrected chi connectivity index (χ2v) is 5.94. The Morgan fingerprint density at radius 3 is 2.19 bits per heavy atom. The molecule has 6 heteroatoms. The van der Waals surface area contributed by atoms with E-state index in [2.05, 4.69) is 10.3 Å². The number of carboxylic acids is 1. The number of rotatable bonds is 6. The fourth-order valence-electron chi connectivity index (χ4n) is 2.96. The van der Waals surface area contributed by atoms with Crippen molar-refractivity contribution in [2.75, 3.05) is 0 Å². The van der Waals surface area contributed by atoms with Gasteiger partial charge in [0, 0.05) is 17.2 Å². The smallest absolute Gasteiger partial charge is 0.326 e. The van der Waals surface area contributed by atoms with Crippen molar-refractivity contribution in [3.63, 3.8) is 0 Å². The van der Waals surface area contributed by atoms with Gasteiger partial charge >= 0.3 is 5.97 Å². The number of para-hydroxylation sites is 2. The Hall–Kier alpha value is -3.46. The first-order valence-electron chi connectivity index (χ1n) is 8.30. The molecule has 1 amide bonds. The van der Waals surface area contributed by atoms with Gasteiger partial charge in [-0.1, -0.05) is 36.4 Å². The molecule has 26 heavy (non-hydrogen) atoms. The van der Waals surface area contributed by atoms with Crippen LogP contribution in [0.3, 0.4) is 0 Å². The lowest BCUT2D eigenvalue weighted by molar-refractivity contribution is -0.139. The average Bonchev–Trinajstić information content (AvgIpc) is 2.65. The third kappa shape index (κ3) is 3.47. The SMILES string of the molecule is N#CCCC[C@H](NC(=O)c1c2ccccc2nc2ccccc12)C(=O)O. The number of benzene rings is 2. The van der Waals surface area contributed by atoms with E-state index in [0.29, 0.717) is 33.8 Å². The summed E-state index contributed by atoms with van der Waals surface area (Å²) in [5, 5.41) is 22.0. The number of pyridine rings is 1. The largest absolute Gasteiger partial charge is 0.480 e. The van der Waals surface area contributed by atoms with Crippen LogP contribution in [-0.2, 0) is 4.79 Å². The molecule has 1 atom stereocenters. The summed E-state index contributed by atoms with van der Waals surface area (Å²) in [7, 11) is 0. The molecular weight excluding hydrogens is 330 g/mol. The highest BCUT2D eigenvalue weighted by molar-refractivity contribution is 6.16. The molecule has 0 saturated carbocycles. The summed E-state index contributed by atoms with van der Waals surface area (Å²) < 4.78 is 0. The Bertz CT molecular complexity index is 970. The zero-order valence-electron chi connectivity index (χ0n) is 14.0. The minimum absolute atomic E-state index is 0.204. The lowest BCUT2D eigenvalue weighted by Crippen LogP contribution is -2.40. The van der Waals surface area contributed by atoms with Crippen LogP contribution >= 0.6 is 0 Å². The monoisotopic (exact) mass is 347 g/mol. The van der Waals surface area contributed by atoms with E-state index < -0.39 is 17.9 Å². The molecule has 1 aromatic heterocycles. The van der Waals surface area contributed by atoms with Crippen LogP contribution in [0.15, 0.2) is 48.5 Å². The Balaban J connectivity index is 2.03. The summed E-state index contributed by atoms with van der Waals surface area (Å²) in [6, 6.07) is 15.5. The van der Waals surface area contributed by atoms with E-state index in [-0.39, 0.29) is 12.8 Å². The number of fused-ring (bicyclic) bond motifs is 2. The summed E-state index contributed by atoms with van der Waals surface area (Å²) in [6.07, 6.45) is 0.863. The quantitative estimate of drug-likeness (QED) is 0.526. The minimum Gasteiger partial charge on any atom is -0.480 e. The summed E-state index contributed by atoms with van der Waals surface area (Å²) in [4.78, 5) is 29.0. The molecule has 0 aliphatic carbocycles. The van der Waals surface area contributed by atoms with Gasteiger partial charge in [-0.25, -0.2) is 9.78 Å². The Labute approximate surface area is 150 Å². The summed E-state index contributed by atoms with van der Waals surface area (Å²) in [5.74, 6) is -1.57. The van der Waals surface area contributed by atoms with E-state index in [4.69, 9.17) is 5.26 Å². The third-order valence-electron chi connectivity index (χ3n) is 4.20. The maximum absolute atomic E-state index is 13.0. The zero-order chi connectivity index (χ0) is 18.5. The number of nitriles is 1. The minimum atomic E-state index is -1.11. The third-order valence-corrected chi connectivity index (χ3v) is 4.20. The molecule has 0 bridgehead atoms. The van der Waals surface area contributed by atoms with E-state index in [1.54, 1.807) is 12.1 Å². The molecule has 6 nitrogen and oxygen atoms in total. The van der Waals surface area contributed by atoms with Crippen molar-refractivity contribution in [3.8, 4) is 6.07 Å². The topological polar surface area (TPSA) is 103 Å². The second-order valence-electron chi connectivity index (χ2n) is 5.94. The zero-order valence-corrected chi connectivity index (χ0v) is 14.0. The molecule has 130 valence electrons. The van der Waals surface area contributed by atoms with E-state index >= 15 is 0 Å². The predicted octanol–water partition coefficient (Wildman–Crippen LogP) is 3.26. The van der Waals surface area contributed by atoms with Crippen molar-refractivity contribution < 1.29 is 14.7 Å². The molecule has 0 unspecified atom stereocenters. The van der Waals surface area contributed by atoms with Crippen molar-refractivity contribution >= 4 is 33.7 Å². The van der Waals surface area contributed by atoms with Crippen LogP contribution in [0.25, 0.3) is 21.8 Å².